The summed E-state index contributed by atoms with van der Waals surface area (Å²) in [4.78, 5) is 0. The van der Waals surface area contributed by atoms with Crippen LogP contribution in [0.4, 0.5) is 13.2 Å². The quantitative estimate of drug-likeness (QED) is 0.756. The van der Waals surface area contributed by atoms with Crippen LogP contribution in [0.3, 0.4) is 0 Å². The maximum atomic E-state index is 14.3. The lowest BCUT2D eigenvalue weighted by Crippen LogP contribution is -2.61. The van der Waals surface area contributed by atoms with Crippen LogP contribution in [0.1, 0.15) is 58.8 Å². The third-order valence-electron chi connectivity index (χ3n) is 4.98. The highest BCUT2D eigenvalue weighted by molar-refractivity contribution is 4.89. The fourth-order valence-electron chi connectivity index (χ4n) is 3.79. The SMILES string of the molecule is CCC(F)C1CCCCN1N1CCCCC1C(F)C(C)F. The van der Waals surface area contributed by atoms with Gasteiger partial charge in [0.2, 0.25) is 0 Å². The molecule has 21 heavy (non-hydrogen) atoms. The van der Waals surface area contributed by atoms with Gasteiger partial charge in [-0.25, -0.2) is 23.2 Å². The van der Waals surface area contributed by atoms with Crippen LogP contribution in [-0.2, 0) is 0 Å². The number of hydrazine groups is 1. The van der Waals surface area contributed by atoms with Gasteiger partial charge in [0.1, 0.15) is 18.5 Å². The number of hydrogen-bond acceptors (Lipinski definition) is 2. The predicted octanol–water partition coefficient (Wildman–Crippen LogP) is 4.05. The van der Waals surface area contributed by atoms with E-state index in [2.05, 4.69) is 0 Å². The number of rotatable bonds is 5. The molecule has 2 nitrogen and oxygen atoms in total. The molecule has 0 radical (unpaired) electrons. The molecule has 2 aliphatic rings. The molecule has 2 fully saturated rings. The number of piperidine rings is 2. The van der Waals surface area contributed by atoms with Crippen molar-refractivity contribution in [3.8, 4) is 0 Å². The van der Waals surface area contributed by atoms with E-state index in [4.69, 9.17) is 0 Å². The van der Waals surface area contributed by atoms with Crippen molar-refractivity contribution in [3.63, 3.8) is 0 Å². The molecular formula is C16H29F3N2. The van der Waals surface area contributed by atoms with E-state index in [1.165, 1.54) is 6.92 Å². The zero-order valence-corrected chi connectivity index (χ0v) is 13.3. The Labute approximate surface area is 126 Å². The Bertz CT molecular complexity index is 314. The fourth-order valence-corrected chi connectivity index (χ4v) is 3.79. The van der Waals surface area contributed by atoms with Gasteiger partial charge >= 0.3 is 0 Å². The van der Waals surface area contributed by atoms with E-state index < -0.39 is 24.6 Å². The van der Waals surface area contributed by atoms with Gasteiger partial charge in [-0.05, 0) is 39.0 Å². The van der Waals surface area contributed by atoms with Crippen LogP contribution in [0.15, 0.2) is 0 Å². The first-order chi connectivity index (χ1) is 10.1. The summed E-state index contributed by atoms with van der Waals surface area (Å²) >= 11 is 0. The van der Waals surface area contributed by atoms with Crippen molar-refractivity contribution in [1.82, 2.24) is 10.0 Å². The van der Waals surface area contributed by atoms with Crippen molar-refractivity contribution in [1.29, 1.82) is 0 Å². The normalized spacial score (nSPS) is 33.6. The number of hydrogen-bond donors (Lipinski definition) is 0. The summed E-state index contributed by atoms with van der Waals surface area (Å²) < 4.78 is 42.0. The minimum Gasteiger partial charge on any atom is -0.246 e. The van der Waals surface area contributed by atoms with Crippen molar-refractivity contribution in [2.45, 2.75) is 89.4 Å². The average Bonchev–Trinajstić information content (AvgIpc) is 2.53. The summed E-state index contributed by atoms with van der Waals surface area (Å²) in [5, 5.41) is 4.01. The van der Waals surface area contributed by atoms with E-state index >= 15 is 0 Å². The third-order valence-corrected chi connectivity index (χ3v) is 4.98. The van der Waals surface area contributed by atoms with E-state index in [9.17, 15) is 13.2 Å². The van der Waals surface area contributed by atoms with Gasteiger partial charge in [-0.15, -0.1) is 0 Å². The Hall–Kier alpha value is -0.290. The molecule has 2 aliphatic heterocycles. The summed E-state index contributed by atoms with van der Waals surface area (Å²) in [6, 6.07) is -0.588. The fraction of sp³-hybridized carbons (Fsp3) is 1.00. The minimum absolute atomic E-state index is 0.161. The molecule has 0 N–H and O–H groups in total. The monoisotopic (exact) mass is 306 g/mol. The van der Waals surface area contributed by atoms with Crippen molar-refractivity contribution < 1.29 is 13.2 Å². The molecule has 0 aromatic heterocycles. The second kappa shape index (κ2) is 7.82. The lowest BCUT2D eigenvalue weighted by atomic mass is 9.94. The first kappa shape index (κ1) is 17.1. The maximum Gasteiger partial charge on any atom is 0.148 e. The Morgan fingerprint density at radius 1 is 0.905 bits per heavy atom. The lowest BCUT2D eigenvalue weighted by Gasteiger charge is -2.50. The summed E-state index contributed by atoms with van der Waals surface area (Å²) in [6.45, 7) is 4.64. The number of halogens is 3. The molecule has 5 atom stereocenters. The smallest absolute Gasteiger partial charge is 0.148 e. The van der Waals surface area contributed by atoms with Gasteiger partial charge in [0.15, 0.2) is 0 Å². The number of alkyl halides is 3. The molecule has 0 amide bonds. The zero-order valence-electron chi connectivity index (χ0n) is 13.3. The zero-order chi connectivity index (χ0) is 15.4. The van der Waals surface area contributed by atoms with Gasteiger partial charge in [-0.2, -0.15) is 0 Å². The van der Waals surface area contributed by atoms with Crippen molar-refractivity contribution in [2.75, 3.05) is 13.1 Å². The van der Waals surface area contributed by atoms with Crippen LogP contribution >= 0.6 is 0 Å². The highest BCUT2D eigenvalue weighted by Crippen LogP contribution is 2.31. The molecule has 5 unspecified atom stereocenters. The van der Waals surface area contributed by atoms with Crippen LogP contribution in [0.2, 0.25) is 0 Å². The van der Waals surface area contributed by atoms with E-state index in [0.717, 1.165) is 45.2 Å². The lowest BCUT2D eigenvalue weighted by molar-refractivity contribution is -0.155. The van der Waals surface area contributed by atoms with Crippen LogP contribution < -0.4 is 0 Å². The van der Waals surface area contributed by atoms with Gasteiger partial charge < -0.3 is 0 Å². The molecular weight excluding hydrogens is 277 g/mol. The van der Waals surface area contributed by atoms with Crippen LogP contribution in [0, 0.1) is 0 Å². The average molecular weight is 306 g/mol. The van der Waals surface area contributed by atoms with Gasteiger partial charge in [-0.1, -0.05) is 19.8 Å². The van der Waals surface area contributed by atoms with E-state index in [1.54, 1.807) is 0 Å². The standard InChI is InChI=1S/C16H29F3N2/c1-3-13(18)14-8-4-6-10-20(14)21-11-7-5-9-15(21)16(19)12(2)17/h12-16H,3-11H2,1-2H3. The molecule has 0 bridgehead atoms. The highest BCUT2D eigenvalue weighted by atomic mass is 19.2. The Kier molecular flexibility index (Phi) is 6.35. The second-order valence-electron chi connectivity index (χ2n) is 6.50. The molecule has 5 heteroatoms. The predicted molar refractivity (Wildman–Crippen MR) is 79.3 cm³/mol. The van der Waals surface area contributed by atoms with E-state index in [1.807, 2.05) is 16.9 Å². The van der Waals surface area contributed by atoms with Crippen LogP contribution in [0.25, 0.3) is 0 Å². The van der Waals surface area contributed by atoms with Gasteiger partial charge in [-0.3, -0.25) is 0 Å². The molecule has 2 saturated heterocycles. The van der Waals surface area contributed by atoms with Crippen LogP contribution in [0.5, 0.6) is 0 Å². The molecule has 0 saturated carbocycles. The first-order valence-corrected chi connectivity index (χ1v) is 8.51. The van der Waals surface area contributed by atoms with Crippen LogP contribution in [-0.4, -0.2) is 53.7 Å². The van der Waals surface area contributed by atoms with Crippen molar-refractivity contribution in [2.24, 2.45) is 0 Å². The summed E-state index contributed by atoms with van der Waals surface area (Å²) in [5.74, 6) is 0. The highest BCUT2D eigenvalue weighted by Gasteiger charge is 2.40. The summed E-state index contributed by atoms with van der Waals surface area (Å²) in [7, 11) is 0. The molecule has 0 spiro atoms. The summed E-state index contributed by atoms with van der Waals surface area (Å²) in [6.07, 6.45) is 2.10. The number of nitrogens with zero attached hydrogens (tertiary/aromatic N) is 2. The maximum absolute atomic E-state index is 14.3. The molecule has 0 aliphatic carbocycles. The van der Waals surface area contributed by atoms with Gasteiger partial charge in [0.25, 0.3) is 0 Å². The Morgan fingerprint density at radius 3 is 1.95 bits per heavy atom. The first-order valence-electron chi connectivity index (χ1n) is 8.51. The van der Waals surface area contributed by atoms with Crippen molar-refractivity contribution in [3.05, 3.63) is 0 Å². The topological polar surface area (TPSA) is 6.48 Å². The van der Waals surface area contributed by atoms with Gasteiger partial charge in [0.05, 0.1) is 12.1 Å². The molecule has 2 rings (SSSR count). The molecule has 2 heterocycles. The van der Waals surface area contributed by atoms with Gasteiger partial charge in [0, 0.05) is 13.1 Å². The van der Waals surface area contributed by atoms with E-state index in [0.29, 0.717) is 12.8 Å². The molecule has 124 valence electrons. The third kappa shape index (κ3) is 3.92. The van der Waals surface area contributed by atoms with E-state index in [-0.39, 0.29) is 6.04 Å². The van der Waals surface area contributed by atoms with Crippen molar-refractivity contribution >= 4 is 0 Å². The largest absolute Gasteiger partial charge is 0.246 e. The summed E-state index contributed by atoms with van der Waals surface area (Å²) in [5.41, 5.74) is 0. The molecule has 0 aromatic carbocycles. The minimum atomic E-state index is -1.48. The molecule has 0 aromatic rings. The Morgan fingerprint density at radius 2 is 1.43 bits per heavy atom. The Balaban J connectivity index is 2.14. The second-order valence-corrected chi connectivity index (χ2v) is 6.50.